The molecule has 0 radical (unpaired) electrons. The molecule has 2 aromatic rings. The second-order valence-corrected chi connectivity index (χ2v) is 6.26. The summed E-state index contributed by atoms with van der Waals surface area (Å²) in [5, 5.41) is 0. The van der Waals surface area contributed by atoms with Gasteiger partial charge in [-0.3, -0.25) is 0 Å². The van der Waals surface area contributed by atoms with E-state index in [0.717, 1.165) is 17.0 Å². The van der Waals surface area contributed by atoms with Crippen LogP contribution in [0, 0.1) is 6.92 Å². The van der Waals surface area contributed by atoms with Crippen LogP contribution in [-0.4, -0.2) is 4.98 Å². The van der Waals surface area contributed by atoms with Crippen LogP contribution in [-0.2, 0) is 11.3 Å². The van der Waals surface area contributed by atoms with Crippen LogP contribution in [0.3, 0.4) is 0 Å². The van der Waals surface area contributed by atoms with E-state index in [1.54, 1.807) is 0 Å². The van der Waals surface area contributed by atoms with E-state index in [1.807, 2.05) is 43.3 Å². The lowest BCUT2D eigenvalue weighted by Crippen LogP contribution is -2.14. The van der Waals surface area contributed by atoms with Gasteiger partial charge in [-0.25, -0.2) is 4.98 Å². The molecular weight excluding hydrogens is 270 g/mol. The summed E-state index contributed by atoms with van der Waals surface area (Å²) in [6.45, 7) is 8.43. The first-order valence-electron chi connectivity index (χ1n) is 6.70. The van der Waals surface area contributed by atoms with Crippen molar-refractivity contribution in [2.75, 3.05) is 0 Å². The van der Waals surface area contributed by atoms with Crippen molar-refractivity contribution in [2.45, 2.75) is 39.0 Å². The fourth-order valence-electron chi connectivity index (χ4n) is 1.80. The first kappa shape index (κ1) is 14.9. The van der Waals surface area contributed by atoms with E-state index in [4.69, 9.17) is 16.3 Å². The number of hydrogen-bond donors (Lipinski definition) is 0. The van der Waals surface area contributed by atoms with Gasteiger partial charge in [0.15, 0.2) is 0 Å². The van der Waals surface area contributed by atoms with E-state index < -0.39 is 0 Å². The predicted molar refractivity (Wildman–Crippen MR) is 83.7 cm³/mol. The van der Waals surface area contributed by atoms with E-state index in [1.165, 1.54) is 5.56 Å². The van der Waals surface area contributed by atoms with E-state index in [0.29, 0.717) is 11.8 Å². The monoisotopic (exact) mass is 289 g/mol. The molecule has 0 aliphatic carbocycles. The minimum absolute atomic E-state index is 0.0343. The van der Waals surface area contributed by atoms with Crippen LogP contribution in [0.25, 0.3) is 0 Å². The van der Waals surface area contributed by atoms with Crippen molar-refractivity contribution in [3.63, 3.8) is 0 Å². The summed E-state index contributed by atoms with van der Waals surface area (Å²) in [5.41, 5.74) is 3.18. The highest BCUT2D eigenvalue weighted by molar-refractivity contribution is 6.17. The Bertz CT molecular complexity index is 585. The molecule has 0 spiro atoms. The van der Waals surface area contributed by atoms with Gasteiger partial charge in [0.1, 0.15) is 5.75 Å². The summed E-state index contributed by atoms with van der Waals surface area (Å²) in [7, 11) is 0. The van der Waals surface area contributed by atoms with Crippen LogP contribution in [0.1, 0.15) is 37.6 Å². The quantitative estimate of drug-likeness (QED) is 0.723. The standard InChI is InChI=1S/C17H20ClNO/c1-12-5-7-14(8-6-12)20-16-10-13(11-18)9-15(19-16)17(2,3)4/h5-10H,11H2,1-4H3. The maximum Gasteiger partial charge on any atom is 0.219 e. The Balaban J connectivity index is 2.33. The first-order chi connectivity index (χ1) is 9.38. The normalized spacial score (nSPS) is 11.4. The summed E-state index contributed by atoms with van der Waals surface area (Å²) < 4.78 is 5.84. The molecule has 0 amide bonds. The molecule has 106 valence electrons. The Hall–Kier alpha value is -1.54. The van der Waals surface area contributed by atoms with Gasteiger partial charge in [0.2, 0.25) is 5.88 Å². The number of pyridine rings is 1. The van der Waals surface area contributed by atoms with Gasteiger partial charge in [-0.05, 0) is 30.7 Å². The third-order valence-corrected chi connectivity index (χ3v) is 3.34. The molecule has 0 aliphatic heterocycles. The van der Waals surface area contributed by atoms with Crippen molar-refractivity contribution in [1.82, 2.24) is 4.98 Å². The number of hydrogen-bond acceptors (Lipinski definition) is 2. The number of aromatic nitrogens is 1. The van der Waals surface area contributed by atoms with Gasteiger partial charge in [-0.1, -0.05) is 38.5 Å². The van der Waals surface area contributed by atoms with Gasteiger partial charge >= 0.3 is 0 Å². The van der Waals surface area contributed by atoms with E-state index in [9.17, 15) is 0 Å². The Morgan fingerprint density at radius 1 is 1.10 bits per heavy atom. The molecule has 2 nitrogen and oxygen atoms in total. The minimum atomic E-state index is -0.0343. The minimum Gasteiger partial charge on any atom is -0.439 e. The van der Waals surface area contributed by atoms with Crippen LogP contribution in [0.2, 0.25) is 0 Å². The summed E-state index contributed by atoms with van der Waals surface area (Å²) in [5.74, 6) is 1.84. The highest BCUT2D eigenvalue weighted by atomic mass is 35.5. The molecule has 0 saturated heterocycles. The maximum absolute atomic E-state index is 5.96. The van der Waals surface area contributed by atoms with Crippen molar-refractivity contribution in [2.24, 2.45) is 0 Å². The molecule has 0 aliphatic rings. The summed E-state index contributed by atoms with van der Waals surface area (Å²) in [6, 6.07) is 11.9. The summed E-state index contributed by atoms with van der Waals surface area (Å²) in [4.78, 5) is 4.59. The molecule has 20 heavy (non-hydrogen) atoms. The number of nitrogens with zero attached hydrogens (tertiary/aromatic N) is 1. The highest BCUT2D eigenvalue weighted by Gasteiger charge is 2.17. The Morgan fingerprint density at radius 3 is 2.30 bits per heavy atom. The van der Waals surface area contributed by atoms with Crippen molar-refractivity contribution >= 4 is 11.6 Å². The SMILES string of the molecule is Cc1ccc(Oc2cc(CCl)cc(C(C)(C)C)n2)cc1. The Morgan fingerprint density at radius 2 is 1.75 bits per heavy atom. The first-order valence-corrected chi connectivity index (χ1v) is 7.24. The zero-order chi connectivity index (χ0) is 14.8. The molecule has 3 heteroatoms. The third-order valence-electron chi connectivity index (χ3n) is 3.03. The van der Waals surface area contributed by atoms with Gasteiger partial charge < -0.3 is 4.74 Å². The van der Waals surface area contributed by atoms with Crippen molar-refractivity contribution in [1.29, 1.82) is 0 Å². The van der Waals surface area contributed by atoms with E-state index in [2.05, 4.69) is 25.8 Å². The number of alkyl halides is 1. The van der Waals surface area contributed by atoms with Crippen LogP contribution < -0.4 is 4.74 Å². The second kappa shape index (κ2) is 5.84. The zero-order valence-corrected chi connectivity index (χ0v) is 13.2. The van der Waals surface area contributed by atoms with Gasteiger partial charge in [0.25, 0.3) is 0 Å². The molecule has 0 bridgehead atoms. The lowest BCUT2D eigenvalue weighted by atomic mass is 9.91. The summed E-state index contributed by atoms with van der Waals surface area (Å²) >= 11 is 5.96. The van der Waals surface area contributed by atoms with E-state index in [-0.39, 0.29) is 5.41 Å². The van der Waals surface area contributed by atoms with Crippen molar-refractivity contribution in [3.8, 4) is 11.6 Å². The molecule has 1 aromatic heterocycles. The fraction of sp³-hybridized carbons (Fsp3) is 0.353. The van der Waals surface area contributed by atoms with Crippen molar-refractivity contribution < 1.29 is 4.74 Å². The third kappa shape index (κ3) is 3.73. The number of halogens is 1. The largest absolute Gasteiger partial charge is 0.439 e. The predicted octanol–water partition coefficient (Wildman–Crippen LogP) is 5.22. The zero-order valence-electron chi connectivity index (χ0n) is 12.4. The molecule has 0 fully saturated rings. The van der Waals surface area contributed by atoms with E-state index >= 15 is 0 Å². The number of ether oxygens (including phenoxy) is 1. The molecule has 1 heterocycles. The number of rotatable bonds is 3. The van der Waals surface area contributed by atoms with Gasteiger partial charge in [-0.15, -0.1) is 11.6 Å². The van der Waals surface area contributed by atoms with Crippen molar-refractivity contribution in [3.05, 3.63) is 53.2 Å². The highest BCUT2D eigenvalue weighted by Crippen LogP contribution is 2.27. The molecule has 0 unspecified atom stereocenters. The molecule has 0 atom stereocenters. The smallest absolute Gasteiger partial charge is 0.219 e. The topological polar surface area (TPSA) is 22.1 Å². The Kier molecular flexibility index (Phi) is 4.34. The average molecular weight is 290 g/mol. The molecule has 0 saturated carbocycles. The fourth-order valence-corrected chi connectivity index (χ4v) is 1.95. The van der Waals surface area contributed by atoms with Crippen LogP contribution in [0.15, 0.2) is 36.4 Å². The van der Waals surface area contributed by atoms with Crippen LogP contribution in [0.4, 0.5) is 0 Å². The summed E-state index contributed by atoms with van der Waals surface area (Å²) in [6.07, 6.45) is 0. The van der Waals surface area contributed by atoms with Gasteiger partial charge in [-0.2, -0.15) is 0 Å². The maximum atomic E-state index is 5.96. The lowest BCUT2D eigenvalue weighted by molar-refractivity contribution is 0.451. The van der Waals surface area contributed by atoms with Gasteiger partial charge in [0, 0.05) is 17.4 Å². The average Bonchev–Trinajstić information content (AvgIpc) is 2.40. The van der Waals surface area contributed by atoms with Crippen LogP contribution >= 0.6 is 11.6 Å². The number of benzene rings is 1. The molecular formula is C17H20ClNO. The Labute approximate surface area is 125 Å². The van der Waals surface area contributed by atoms with Gasteiger partial charge in [0.05, 0.1) is 5.69 Å². The molecule has 2 rings (SSSR count). The lowest BCUT2D eigenvalue weighted by Gasteiger charge is -2.19. The molecule has 0 N–H and O–H groups in total. The van der Waals surface area contributed by atoms with Crippen LogP contribution in [0.5, 0.6) is 11.6 Å². The molecule has 1 aromatic carbocycles. The number of aryl methyl sites for hydroxylation is 1. The second-order valence-electron chi connectivity index (χ2n) is 6.00.